The molecule has 0 aliphatic carbocycles. The third-order valence-electron chi connectivity index (χ3n) is 4.24. The summed E-state index contributed by atoms with van der Waals surface area (Å²) in [5.74, 6) is 1.58. The Kier molecular flexibility index (Phi) is 5.70. The Labute approximate surface area is 173 Å². The van der Waals surface area contributed by atoms with Crippen LogP contribution >= 0.6 is 0 Å². The maximum absolute atomic E-state index is 12.3. The monoisotopic (exact) mass is 400 g/mol. The van der Waals surface area contributed by atoms with E-state index in [0.29, 0.717) is 35.3 Å². The smallest absolute Gasteiger partial charge is 0.323 e. The van der Waals surface area contributed by atoms with Crippen molar-refractivity contribution in [3.05, 3.63) is 78.9 Å². The minimum Gasteiger partial charge on any atom is -0.494 e. The third kappa shape index (κ3) is 4.64. The van der Waals surface area contributed by atoms with Crippen molar-refractivity contribution in [1.82, 2.24) is 10.2 Å². The van der Waals surface area contributed by atoms with Gasteiger partial charge in [0.05, 0.1) is 6.61 Å². The lowest BCUT2D eigenvalue weighted by Crippen LogP contribution is -2.19. The molecule has 0 saturated carbocycles. The maximum atomic E-state index is 12.3. The minimum atomic E-state index is -0.355. The average Bonchev–Trinajstić information content (AvgIpc) is 3.27. The van der Waals surface area contributed by atoms with Gasteiger partial charge < -0.3 is 19.8 Å². The van der Waals surface area contributed by atoms with Crippen molar-refractivity contribution in [2.45, 2.75) is 6.92 Å². The standard InChI is InChI=1S/C23H20N4O3/c1-2-29-20-13-11-18(12-14-20)24-23(28)25-19-10-6-9-17(15-19)22-27-26-21(30-22)16-7-4-3-5-8-16/h3-15H,2H2,1H3,(H2,24,25,28). The molecule has 0 saturated heterocycles. The summed E-state index contributed by atoms with van der Waals surface area (Å²) in [7, 11) is 0. The molecule has 0 aliphatic heterocycles. The number of benzene rings is 3. The molecule has 4 aromatic rings. The van der Waals surface area contributed by atoms with Crippen molar-refractivity contribution in [2.24, 2.45) is 0 Å². The molecule has 2 amide bonds. The number of urea groups is 1. The second kappa shape index (κ2) is 8.91. The first-order chi connectivity index (χ1) is 14.7. The van der Waals surface area contributed by atoms with Gasteiger partial charge in [0.15, 0.2) is 0 Å². The molecular formula is C23H20N4O3. The number of anilines is 2. The SMILES string of the molecule is CCOc1ccc(NC(=O)Nc2cccc(-c3nnc(-c4ccccc4)o3)c2)cc1. The number of amides is 2. The quantitative estimate of drug-likeness (QED) is 0.449. The summed E-state index contributed by atoms with van der Waals surface area (Å²) in [5.41, 5.74) is 2.83. The number of nitrogens with zero attached hydrogens (tertiary/aromatic N) is 2. The molecule has 0 spiro atoms. The lowest BCUT2D eigenvalue weighted by Gasteiger charge is -2.09. The highest BCUT2D eigenvalue weighted by molar-refractivity contribution is 6.00. The topological polar surface area (TPSA) is 89.3 Å². The molecule has 30 heavy (non-hydrogen) atoms. The summed E-state index contributed by atoms with van der Waals surface area (Å²) in [6.45, 7) is 2.51. The van der Waals surface area contributed by atoms with Gasteiger partial charge >= 0.3 is 6.03 Å². The summed E-state index contributed by atoms with van der Waals surface area (Å²) >= 11 is 0. The summed E-state index contributed by atoms with van der Waals surface area (Å²) in [5, 5.41) is 13.8. The Morgan fingerprint density at radius 2 is 1.50 bits per heavy atom. The highest BCUT2D eigenvalue weighted by Gasteiger charge is 2.11. The molecule has 0 bridgehead atoms. The molecule has 7 heteroatoms. The molecule has 0 aliphatic rings. The molecular weight excluding hydrogens is 380 g/mol. The van der Waals surface area contributed by atoms with E-state index in [1.165, 1.54) is 0 Å². The van der Waals surface area contributed by atoms with Crippen LogP contribution in [0, 0.1) is 0 Å². The van der Waals surface area contributed by atoms with E-state index in [9.17, 15) is 4.79 Å². The number of carbonyl (C=O) groups is 1. The van der Waals surface area contributed by atoms with E-state index in [2.05, 4.69) is 20.8 Å². The Balaban J connectivity index is 1.43. The van der Waals surface area contributed by atoms with E-state index in [0.717, 1.165) is 11.3 Å². The van der Waals surface area contributed by atoms with Crippen LogP contribution in [-0.2, 0) is 0 Å². The Morgan fingerprint density at radius 3 is 2.23 bits per heavy atom. The maximum Gasteiger partial charge on any atom is 0.323 e. The van der Waals surface area contributed by atoms with Gasteiger partial charge in [0.2, 0.25) is 11.8 Å². The average molecular weight is 400 g/mol. The molecule has 0 unspecified atom stereocenters. The fourth-order valence-electron chi connectivity index (χ4n) is 2.86. The summed E-state index contributed by atoms with van der Waals surface area (Å²) < 4.78 is 11.2. The Morgan fingerprint density at radius 1 is 0.833 bits per heavy atom. The minimum absolute atomic E-state index is 0.355. The fourth-order valence-corrected chi connectivity index (χ4v) is 2.86. The summed E-state index contributed by atoms with van der Waals surface area (Å²) in [6.07, 6.45) is 0. The molecule has 2 N–H and O–H groups in total. The Bertz CT molecular complexity index is 1120. The lowest BCUT2D eigenvalue weighted by atomic mass is 10.2. The van der Waals surface area contributed by atoms with E-state index in [-0.39, 0.29) is 6.03 Å². The molecule has 0 radical (unpaired) electrons. The first kappa shape index (κ1) is 19.2. The van der Waals surface area contributed by atoms with E-state index in [1.54, 1.807) is 36.4 Å². The predicted octanol–water partition coefficient (Wildman–Crippen LogP) is 5.45. The zero-order chi connectivity index (χ0) is 20.8. The largest absolute Gasteiger partial charge is 0.494 e. The van der Waals surface area contributed by atoms with Gasteiger partial charge in [0.1, 0.15) is 5.75 Å². The molecule has 3 aromatic carbocycles. The number of hydrogen-bond acceptors (Lipinski definition) is 5. The number of carbonyl (C=O) groups excluding carboxylic acids is 1. The second-order valence-corrected chi connectivity index (χ2v) is 6.40. The van der Waals surface area contributed by atoms with Gasteiger partial charge in [-0.1, -0.05) is 24.3 Å². The third-order valence-corrected chi connectivity index (χ3v) is 4.24. The first-order valence-electron chi connectivity index (χ1n) is 9.51. The van der Waals surface area contributed by atoms with Gasteiger partial charge in [0, 0.05) is 22.5 Å². The Hall–Kier alpha value is -4.13. The van der Waals surface area contributed by atoms with Gasteiger partial charge in [0.25, 0.3) is 0 Å². The van der Waals surface area contributed by atoms with Crippen LogP contribution in [0.25, 0.3) is 22.9 Å². The molecule has 0 atom stereocenters. The highest BCUT2D eigenvalue weighted by atomic mass is 16.5. The highest BCUT2D eigenvalue weighted by Crippen LogP contribution is 2.25. The van der Waals surface area contributed by atoms with Crippen LogP contribution in [0.1, 0.15) is 6.92 Å². The van der Waals surface area contributed by atoms with Crippen LogP contribution in [0.4, 0.5) is 16.2 Å². The van der Waals surface area contributed by atoms with E-state index < -0.39 is 0 Å². The predicted molar refractivity (Wildman–Crippen MR) is 115 cm³/mol. The van der Waals surface area contributed by atoms with Gasteiger partial charge in [-0.3, -0.25) is 0 Å². The van der Waals surface area contributed by atoms with E-state index in [1.807, 2.05) is 49.4 Å². The van der Waals surface area contributed by atoms with Crippen LogP contribution in [0.2, 0.25) is 0 Å². The van der Waals surface area contributed by atoms with Gasteiger partial charge in [-0.25, -0.2) is 4.79 Å². The normalized spacial score (nSPS) is 10.4. The molecule has 1 heterocycles. The van der Waals surface area contributed by atoms with E-state index in [4.69, 9.17) is 9.15 Å². The van der Waals surface area contributed by atoms with Gasteiger partial charge in [-0.05, 0) is 61.5 Å². The van der Waals surface area contributed by atoms with Crippen LogP contribution < -0.4 is 15.4 Å². The van der Waals surface area contributed by atoms with Crippen LogP contribution in [-0.4, -0.2) is 22.8 Å². The van der Waals surface area contributed by atoms with Gasteiger partial charge in [-0.2, -0.15) is 0 Å². The summed E-state index contributed by atoms with van der Waals surface area (Å²) in [4.78, 5) is 12.3. The van der Waals surface area contributed by atoms with E-state index >= 15 is 0 Å². The second-order valence-electron chi connectivity index (χ2n) is 6.40. The molecule has 7 nitrogen and oxygen atoms in total. The fraction of sp³-hybridized carbons (Fsp3) is 0.0870. The zero-order valence-electron chi connectivity index (χ0n) is 16.3. The van der Waals surface area contributed by atoms with Crippen molar-refractivity contribution < 1.29 is 13.9 Å². The number of nitrogens with one attached hydrogen (secondary N) is 2. The van der Waals surface area contributed by atoms with Crippen molar-refractivity contribution in [1.29, 1.82) is 0 Å². The lowest BCUT2D eigenvalue weighted by molar-refractivity contribution is 0.262. The van der Waals surface area contributed by atoms with Gasteiger partial charge in [-0.15, -0.1) is 10.2 Å². The van der Waals surface area contributed by atoms with Crippen LogP contribution in [0.5, 0.6) is 5.75 Å². The number of hydrogen-bond donors (Lipinski definition) is 2. The number of aromatic nitrogens is 2. The number of rotatable bonds is 6. The first-order valence-corrected chi connectivity index (χ1v) is 9.51. The van der Waals surface area contributed by atoms with Crippen molar-refractivity contribution >= 4 is 17.4 Å². The summed E-state index contributed by atoms with van der Waals surface area (Å²) in [6, 6.07) is 23.6. The van der Waals surface area contributed by atoms with Crippen LogP contribution in [0.3, 0.4) is 0 Å². The van der Waals surface area contributed by atoms with Crippen molar-refractivity contribution in [2.75, 3.05) is 17.2 Å². The molecule has 4 rings (SSSR count). The molecule has 150 valence electrons. The van der Waals surface area contributed by atoms with Crippen molar-refractivity contribution in [3.63, 3.8) is 0 Å². The van der Waals surface area contributed by atoms with Crippen molar-refractivity contribution in [3.8, 4) is 28.7 Å². The van der Waals surface area contributed by atoms with Crippen LogP contribution in [0.15, 0.2) is 83.3 Å². The number of ether oxygens (including phenoxy) is 1. The molecule has 0 fully saturated rings. The zero-order valence-corrected chi connectivity index (χ0v) is 16.3. The molecule has 1 aromatic heterocycles.